The molecule has 1 aromatic heterocycles. The lowest BCUT2D eigenvalue weighted by molar-refractivity contribution is -0.118. The number of piperazine rings is 1. The van der Waals surface area contributed by atoms with E-state index in [0.717, 1.165) is 41.0 Å². The van der Waals surface area contributed by atoms with Crippen molar-refractivity contribution in [2.24, 2.45) is 0 Å². The molecule has 120 valence electrons. The molecule has 1 N–H and O–H groups in total. The lowest BCUT2D eigenvalue weighted by atomic mass is 10.2. The number of rotatable bonds is 4. The number of amides is 1. The normalized spacial score (nSPS) is 14.7. The molecule has 0 radical (unpaired) electrons. The van der Waals surface area contributed by atoms with Crippen molar-refractivity contribution in [3.63, 3.8) is 0 Å². The smallest absolute Gasteiger partial charge is 0.227 e. The second kappa shape index (κ2) is 6.95. The first-order chi connectivity index (χ1) is 11.2. The highest BCUT2D eigenvalue weighted by Gasteiger charge is 2.17. The number of aryl methyl sites for hydroxylation is 1. The van der Waals surface area contributed by atoms with Gasteiger partial charge in [-0.1, -0.05) is 15.9 Å². The number of hydrogen-bond acceptors (Lipinski definition) is 5. The maximum Gasteiger partial charge on any atom is 0.227 e. The fourth-order valence-corrected chi connectivity index (χ4v) is 2.71. The molecule has 23 heavy (non-hydrogen) atoms. The number of nitrogens with zero attached hydrogens (tertiary/aromatic N) is 4. The standard InChI is InChI=1S/C16H18BrN5O/c1-12-10-13(2-3-14(12)17)19-15-4-5-18-16(20-15)22-8-6-21(11-23)7-9-22/h2-5,10-11H,6-9H2,1H3,(H,18,19,20). The lowest BCUT2D eigenvalue weighted by Gasteiger charge is -2.32. The molecule has 1 aliphatic rings. The Morgan fingerprint density at radius 2 is 2.00 bits per heavy atom. The van der Waals surface area contributed by atoms with Crippen molar-refractivity contribution < 1.29 is 4.79 Å². The molecule has 0 saturated carbocycles. The number of anilines is 3. The molecule has 2 heterocycles. The highest BCUT2D eigenvalue weighted by atomic mass is 79.9. The van der Waals surface area contributed by atoms with Gasteiger partial charge in [-0.2, -0.15) is 4.98 Å². The fourth-order valence-electron chi connectivity index (χ4n) is 2.47. The Morgan fingerprint density at radius 3 is 2.70 bits per heavy atom. The minimum Gasteiger partial charge on any atom is -0.342 e. The quantitative estimate of drug-likeness (QED) is 0.832. The average molecular weight is 376 g/mol. The Labute approximate surface area is 143 Å². The van der Waals surface area contributed by atoms with Crippen molar-refractivity contribution in [1.29, 1.82) is 0 Å². The van der Waals surface area contributed by atoms with E-state index in [1.165, 1.54) is 0 Å². The Hall–Kier alpha value is -2.15. The summed E-state index contributed by atoms with van der Waals surface area (Å²) in [7, 11) is 0. The van der Waals surface area contributed by atoms with Gasteiger partial charge in [0.2, 0.25) is 12.4 Å². The van der Waals surface area contributed by atoms with Gasteiger partial charge in [0.25, 0.3) is 0 Å². The Bertz CT molecular complexity index is 701. The van der Waals surface area contributed by atoms with Gasteiger partial charge in [-0.15, -0.1) is 0 Å². The molecular formula is C16H18BrN5O. The molecule has 1 aliphatic heterocycles. The molecule has 0 aliphatic carbocycles. The minimum atomic E-state index is 0.689. The molecule has 7 heteroatoms. The zero-order chi connectivity index (χ0) is 16.2. The van der Waals surface area contributed by atoms with Crippen molar-refractivity contribution in [2.75, 3.05) is 36.4 Å². The number of benzene rings is 1. The van der Waals surface area contributed by atoms with Gasteiger partial charge in [-0.3, -0.25) is 4.79 Å². The van der Waals surface area contributed by atoms with Crippen LogP contribution in [0.5, 0.6) is 0 Å². The maximum absolute atomic E-state index is 10.8. The summed E-state index contributed by atoms with van der Waals surface area (Å²) in [6, 6.07) is 7.93. The van der Waals surface area contributed by atoms with Crippen molar-refractivity contribution >= 4 is 39.8 Å². The van der Waals surface area contributed by atoms with E-state index in [1.807, 2.05) is 25.1 Å². The SMILES string of the molecule is Cc1cc(Nc2ccnc(N3CCN(C=O)CC3)n2)ccc1Br. The van der Waals surface area contributed by atoms with E-state index in [1.54, 1.807) is 11.1 Å². The van der Waals surface area contributed by atoms with E-state index in [-0.39, 0.29) is 0 Å². The first-order valence-electron chi connectivity index (χ1n) is 7.46. The minimum absolute atomic E-state index is 0.689. The van der Waals surface area contributed by atoms with Crippen molar-refractivity contribution in [2.45, 2.75) is 6.92 Å². The first kappa shape index (κ1) is 15.7. The third-order valence-corrected chi connectivity index (χ3v) is 4.71. The lowest BCUT2D eigenvalue weighted by Crippen LogP contribution is -2.46. The third kappa shape index (κ3) is 3.79. The predicted molar refractivity (Wildman–Crippen MR) is 94.0 cm³/mol. The van der Waals surface area contributed by atoms with Crippen LogP contribution in [0, 0.1) is 6.92 Å². The molecule has 6 nitrogen and oxygen atoms in total. The second-order valence-corrected chi connectivity index (χ2v) is 6.31. The van der Waals surface area contributed by atoms with Crippen molar-refractivity contribution in [1.82, 2.24) is 14.9 Å². The summed E-state index contributed by atoms with van der Waals surface area (Å²) in [4.78, 5) is 23.6. The molecular weight excluding hydrogens is 358 g/mol. The number of aromatic nitrogens is 2. The van der Waals surface area contributed by atoms with Crippen LogP contribution >= 0.6 is 15.9 Å². The molecule has 1 amide bonds. The van der Waals surface area contributed by atoms with Crippen LogP contribution in [0.4, 0.5) is 17.5 Å². The molecule has 0 atom stereocenters. The zero-order valence-electron chi connectivity index (χ0n) is 12.9. The Balaban J connectivity index is 1.72. The summed E-state index contributed by atoms with van der Waals surface area (Å²) in [6.45, 7) is 4.96. The zero-order valence-corrected chi connectivity index (χ0v) is 14.5. The van der Waals surface area contributed by atoms with E-state index >= 15 is 0 Å². The van der Waals surface area contributed by atoms with Crippen LogP contribution < -0.4 is 10.2 Å². The number of carbonyl (C=O) groups is 1. The predicted octanol–water partition coefficient (Wildman–Crippen LogP) is 2.57. The van der Waals surface area contributed by atoms with Crippen LogP contribution in [0.15, 0.2) is 34.9 Å². The fraction of sp³-hybridized carbons (Fsp3) is 0.312. The van der Waals surface area contributed by atoms with Crippen LogP contribution in [0.3, 0.4) is 0 Å². The van der Waals surface area contributed by atoms with Gasteiger partial charge in [0, 0.05) is 42.5 Å². The van der Waals surface area contributed by atoms with Crippen LogP contribution in [-0.2, 0) is 4.79 Å². The van der Waals surface area contributed by atoms with Gasteiger partial charge in [0.15, 0.2) is 0 Å². The summed E-state index contributed by atoms with van der Waals surface area (Å²) in [5.74, 6) is 1.45. The number of halogens is 1. The summed E-state index contributed by atoms with van der Waals surface area (Å²) >= 11 is 3.50. The van der Waals surface area contributed by atoms with Gasteiger partial charge in [0.1, 0.15) is 5.82 Å². The van der Waals surface area contributed by atoms with E-state index in [4.69, 9.17) is 0 Å². The third-order valence-electron chi connectivity index (χ3n) is 3.82. The number of nitrogens with one attached hydrogen (secondary N) is 1. The van der Waals surface area contributed by atoms with Crippen LogP contribution in [0.2, 0.25) is 0 Å². The topological polar surface area (TPSA) is 61.4 Å². The average Bonchev–Trinajstić information content (AvgIpc) is 2.58. The molecule has 2 aromatic rings. The summed E-state index contributed by atoms with van der Waals surface area (Å²) in [5, 5.41) is 3.31. The Morgan fingerprint density at radius 1 is 1.22 bits per heavy atom. The van der Waals surface area contributed by atoms with Gasteiger partial charge < -0.3 is 15.1 Å². The monoisotopic (exact) mass is 375 g/mol. The second-order valence-electron chi connectivity index (χ2n) is 5.46. The van der Waals surface area contributed by atoms with E-state index in [0.29, 0.717) is 19.0 Å². The highest BCUT2D eigenvalue weighted by Crippen LogP contribution is 2.23. The number of carbonyl (C=O) groups excluding carboxylic acids is 1. The highest BCUT2D eigenvalue weighted by molar-refractivity contribution is 9.10. The van der Waals surface area contributed by atoms with E-state index < -0.39 is 0 Å². The van der Waals surface area contributed by atoms with Crippen LogP contribution in [0.25, 0.3) is 0 Å². The molecule has 0 spiro atoms. The maximum atomic E-state index is 10.8. The van der Waals surface area contributed by atoms with Gasteiger partial charge in [0.05, 0.1) is 0 Å². The largest absolute Gasteiger partial charge is 0.342 e. The molecule has 0 unspecified atom stereocenters. The van der Waals surface area contributed by atoms with Gasteiger partial charge >= 0.3 is 0 Å². The van der Waals surface area contributed by atoms with Gasteiger partial charge in [-0.25, -0.2) is 4.98 Å². The molecule has 1 aromatic carbocycles. The molecule has 0 bridgehead atoms. The van der Waals surface area contributed by atoms with Crippen molar-refractivity contribution in [3.8, 4) is 0 Å². The molecule has 1 saturated heterocycles. The van der Waals surface area contributed by atoms with E-state index in [2.05, 4.69) is 42.2 Å². The van der Waals surface area contributed by atoms with Crippen LogP contribution in [0.1, 0.15) is 5.56 Å². The van der Waals surface area contributed by atoms with Gasteiger partial charge in [-0.05, 0) is 36.8 Å². The molecule has 1 fully saturated rings. The first-order valence-corrected chi connectivity index (χ1v) is 8.25. The van der Waals surface area contributed by atoms with Crippen molar-refractivity contribution in [3.05, 3.63) is 40.5 Å². The summed E-state index contributed by atoms with van der Waals surface area (Å²) in [5.41, 5.74) is 2.15. The number of hydrogen-bond donors (Lipinski definition) is 1. The Kier molecular flexibility index (Phi) is 4.76. The van der Waals surface area contributed by atoms with Crippen LogP contribution in [-0.4, -0.2) is 47.5 Å². The molecule has 3 rings (SSSR count). The van der Waals surface area contributed by atoms with E-state index in [9.17, 15) is 4.79 Å². The summed E-state index contributed by atoms with van der Waals surface area (Å²) < 4.78 is 1.08. The summed E-state index contributed by atoms with van der Waals surface area (Å²) in [6.07, 6.45) is 2.65.